The highest BCUT2D eigenvalue weighted by Gasteiger charge is 2.30. The number of nitrogens with zero attached hydrogens (tertiary/aromatic N) is 1. The van der Waals surface area contributed by atoms with Crippen LogP contribution in [0.15, 0.2) is 0 Å². The van der Waals surface area contributed by atoms with Crippen molar-refractivity contribution in [1.29, 1.82) is 0 Å². The summed E-state index contributed by atoms with van der Waals surface area (Å²) in [4.78, 5) is 13.6. The second kappa shape index (κ2) is 7.13. The molecule has 1 saturated heterocycles. The number of carbonyl (C=O) groups is 1. The number of hydrogen-bond acceptors (Lipinski definition) is 3. The molecule has 112 valence electrons. The van der Waals surface area contributed by atoms with Crippen molar-refractivity contribution in [2.24, 2.45) is 11.3 Å². The molecule has 0 saturated carbocycles. The van der Waals surface area contributed by atoms with Gasteiger partial charge in [0.25, 0.3) is 0 Å². The molecule has 0 radical (unpaired) electrons. The zero-order valence-electron chi connectivity index (χ0n) is 13.2. The Balaban J connectivity index is 2.57. The predicted octanol–water partition coefficient (Wildman–Crippen LogP) is 2.88. The van der Waals surface area contributed by atoms with Gasteiger partial charge in [-0.1, -0.05) is 34.1 Å². The summed E-state index contributed by atoms with van der Waals surface area (Å²) in [6.07, 6.45) is 3.33. The lowest BCUT2D eigenvalue weighted by Crippen LogP contribution is -2.52. The number of methoxy groups -OCH3 is 1. The monoisotopic (exact) mass is 270 g/mol. The van der Waals surface area contributed by atoms with Gasteiger partial charge in [-0.2, -0.15) is 0 Å². The van der Waals surface area contributed by atoms with Crippen LogP contribution in [0.1, 0.15) is 47.0 Å². The molecule has 1 aliphatic heterocycles. The number of amides is 1. The Morgan fingerprint density at radius 3 is 2.58 bits per heavy atom. The van der Waals surface area contributed by atoms with Crippen LogP contribution in [0.2, 0.25) is 0 Å². The number of likely N-dealkylation sites (tertiary alicyclic amines) is 1. The molecule has 1 aliphatic rings. The molecular formula is C15H30N2O2. The Morgan fingerprint density at radius 2 is 2.05 bits per heavy atom. The van der Waals surface area contributed by atoms with E-state index < -0.39 is 0 Å². The number of ether oxygens (including phenoxy) is 1. The summed E-state index contributed by atoms with van der Waals surface area (Å²) in [7, 11) is 1.46. The first-order valence-electron chi connectivity index (χ1n) is 7.42. The van der Waals surface area contributed by atoms with Crippen molar-refractivity contribution in [1.82, 2.24) is 10.2 Å². The van der Waals surface area contributed by atoms with Gasteiger partial charge in [-0.05, 0) is 24.2 Å². The highest BCUT2D eigenvalue weighted by atomic mass is 16.5. The highest BCUT2D eigenvalue weighted by Crippen LogP contribution is 2.22. The minimum absolute atomic E-state index is 0.191. The maximum Gasteiger partial charge on any atom is 0.409 e. The van der Waals surface area contributed by atoms with Crippen LogP contribution in [0.4, 0.5) is 4.79 Å². The van der Waals surface area contributed by atoms with E-state index in [1.807, 2.05) is 4.90 Å². The second-order valence-corrected chi connectivity index (χ2v) is 6.90. The van der Waals surface area contributed by atoms with Gasteiger partial charge in [0.2, 0.25) is 0 Å². The molecule has 0 aromatic carbocycles. The van der Waals surface area contributed by atoms with Crippen molar-refractivity contribution in [3.8, 4) is 0 Å². The second-order valence-electron chi connectivity index (χ2n) is 6.90. The Labute approximate surface area is 117 Å². The molecule has 2 atom stereocenters. The van der Waals surface area contributed by atoms with Crippen molar-refractivity contribution in [2.75, 3.05) is 26.7 Å². The summed E-state index contributed by atoms with van der Waals surface area (Å²) in [6, 6.07) is 0.392. The summed E-state index contributed by atoms with van der Waals surface area (Å²) in [5, 5.41) is 3.61. The number of piperidine rings is 1. The van der Waals surface area contributed by atoms with E-state index in [1.165, 1.54) is 20.0 Å². The molecule has 2 unspecified atom stereocenters. The van der Waals surface area contributed by atoms with Crippen molar-refractivity contribution in [2.45, 2.75) is 53.0 Å². The summed E-state index contributed by atoms with van der Waals surface area (Å²) in [5.74, 6) is 0.593. The molecule has 0 aromatic rings. The van der Waals surface area contributed by atoms with Crippen LogP contribution in [0, 0.1) is 11.3 Å². The minimum atomic E-state index is -0.191. The molecule has 19 heavy (non-hydrogen) atoms. The van der Waals surface area contributed by atoms with Crippen molar-refractivity contribution < 1.29 is 9.53 Å². The predicted molar refractivity (Wildman–Crippen MR) is 78.2 cm³/mol. The Kier molecular flexibility index (Phi) is 6.11. The fourth-order valence-electron chi connectivity index (χ4n) is 2.70. The molecule has 4 nitrogen and oxygen atoms in total. The quantitative estimate of drug-likeness (QED) is 0.854. The fraction of sp³-hybridized carbons (Fsp3) is 0.933. The third kappa shape index (κ3) is 5.81. The van der Waals surface area contributed by atoms with E-state index in [9.17, 15) is 4.79 Å². The van der Waals surface area contributed by atoms with Crippen molar-refractivity contribution in [3.05, 3.63) is 0 Å². The van der Waals surface area contributed by atoms with Gasteiger partial charge in [0.05, 0.1) is 7.11 Å². The molecule has 0 aromatic heterocycles. The van der Waals surface area contributed by atoms with E-state index in [1.54, 1.807) is 0 Å². The zero-order valence-corrected chi connectivity index (χ0v) is 13.2. The Hall–Kier alpha value is -0.770. The molecule has 1 rings (SSSR count). The molecule has 4 heteroatoms. The van der Waals surface area contributed by atoms with Gasteiger partial charge >= 0.3 is 6.09 Å². The highest BCUT2D eigenvalue weighted by molar-refractivity contribution is 5.67. The van der Waals surface area contributed by atoms with Gasteiger partial charge in [-0.25, -0.2) is 4.79 Å². The smallest absolute Gasteiger partial charge is 0.409 e. The SMILES string of the molecule is CCCC1CC(NCC(C)(C)C)CN(C(=O)OC)C1. The number of rotatable bonds is 4. The van der Waals surface area contributed by atoms with E-state index in [0.717, 1.165) is 26.1 Å². The first-order valence-corrected chi connectivity index (χ1v) is 7.42. The minimum Gasteiger partial charge on any atom is -0.453 e. The van der Waals surface area contributed by atoms with Crippen LogP contribution >= 0.6 is 0 Å². The first kappa shape index (κ1) is 16.3. The van der Waals surface area contributed by atoms with Crippen LogP contribution in [0.3, 0.4) is 0 Å². The van der Waals surface area contributed by atoms with Crippen LogP contribution in [-0.4, -0.2) is 43.8 Å². The van der Waals surface area contributed by atoms with E-state index in [-0.39, 0.29) is 11.5 Å². The largest absolute Gasteiger partial charge is 0.453 e. The molecule has 0 spiro atoms. The summed E-state index contributed by atoms with van der Waals surface area (Å²) < 4.78 is 4.87. The van der Waals surface area contributed by atoms with Crippen LogP contribution < -0.4 is 5.32 Å². The standard InChI is InChI=1S/C15H30N2O2/c1-6-7-12-8-13(16-11-15(2,3)4)10-17(9-12)14(18)19-5/h12-13,16H,6-11H2,1-5H3. The van der Waals surface area contributed by atoms with E-state index >= 15 is 0 Å². The molecule has 0 aliphatic carbocycles. The maximum absolute atomic E-state index is 11.7. The molecule has 1 heterocycles. The summed E-state index contributed by atoms with van der Waals surface area (Å²) in [6.45, 7) is 11.5. The lowest BCUT2D eigenvalue weighted by molar-refractivity contribution is 0.0874. The lowest BCUT2D eigenvalue weighted by atomic mass is 9.89. The third-order valence-electron chi connectivity index (χ3n) is 3.59. The van der Waals surface area contributed by atoms with Crippen LogP contribution in [0.5, 0.6) is 0 Å². The number of nitrogens with one attached hydrogen (secondary N) is 1. The third-order valence-corrected chi connectivity index (χ3v) is 3.59. The Morgan fingerprint density at radius 1 is 1.37 bits per heavy atom. The number of hydrogen-bond donors (Lipinski definition) is 1. The van der Waals surface area contributed by atoms with Gasteiger partial charge in [-0.15, -0.1) is 0 Å². The molecule has 1 fully saturated rings. The number of carbonyl (C=O) groups excluding carboxylic acids is 1. The van der Waals surface area contributed by atoms with E-state index in [2.05, 4.69) is 33.0 Å². The van der Waals surface area contributed by atoms with Gasteiger partial charge in [0, 0.05) is 25.7 Å². The van der Waals surface area contributed by atoms with Gasteiger partial charge in [-0.3, -0.25) is 0 Å². The van der Waals surface area contributed by atoms with E-state index in [4.69, 9.17) is 4.74 Å². The summed E-state index contributed by atoms with van der Waals surface area (Å²) in [5.41, 5.74) is 0.272. The average Bonchev–Trinajstić information content (AvgIpc) is 2.35. The van der Waals surface area contributed by atoms with Crippen LogP contribution in [0.25, 0.3) is 0 Å². The van der Waals surface area contributed by atoms with Crippen molar-refractivity contribution in [3.63, 3.8) is 0 Å². The normalized spacial score (nSPS) is 24.4. The molecule has 0 bridgehead atoms. The topological polar surface area (TPSA) is 41.6 Å². The Bertz CT molecular complexity index is 286. The lowest BCUT2D eigenvalue weighted by Gasteiger charge is -2.38. The average molecular weight is 270 g/mol. The van der Waals surface area contributed by atoms with Gasteiger partial charge < -0.3 is 15.0 Å². The zero-order chi connectivity index (χ0) is 14.5. The fourth-order valence-corrected chi connectivity index (χ4v) is 2.70. The van der Waals surface area contributed by atoms with E-state index in [0.29, 0.717) is 12.0 Å². The van der Waals surface area contributed by atoms with Gasteiger partial charge in [0.1, 0.15) is 0 Å². The first-order chi connectivity index (χ1) is 8.85. The summed E-state index contributed by atoms with van der Waals surface area (Å²) >= 11 is 0. The van der Waals surface area contributed by atoms with Crippen LogP contribution in [-0.2, 0) is 4.74 Å². The maximum atomic E-state index is 11.7. The molecule has 1 amide bonds. The van der Waals surface area contributed by atoms with Gasteiger partial charge in [0.15, 0.2) is 0 Å². The molecular weight excluding hydrogens is 240 g/mol. The molecule has 1 N–H and O–H groups in total. The van der Waals surface area contributed by atoms with Crippen molar-refractivity contribution >= 4 is 6.09 Å².